The van der Waals surface area contributed by atoms with E-state index in [4.69, 9.17) is 19.9 Å². The van der Waals surface area contributed by atoms with E-state index in [1.165, 1.54) is 0 Å². The van der Waals surface area contributed by atoms with Crippen LogP contribution in [0, 0.1) is 5.92 Å². The van der Waals surface area contributed by atoms with E-state index in [0.717, 1.165) is 43.8 Å². The van der Waals surface area contributed by atoms with Crippen LogP contribution in [-0.2, 0) is 9.47 Å². The molecule has 0 aromatic heterocycles. The van der Waals surface area contributed by atoms with E-state index in [0.29, 0.717) is 19.1 Å². The van der Waals surface area contributed by atoms with Gasteiger partial charge in [0.25, 0.3) is 0 Å². The second-order valence-corrected chi connectivity index (χ2v) is 6.08. The van der Waals surface area contributed by atoms with Gasteiger partial charge in [-0.15, -0.1) is 0 Å². The first-order valence-corrected chi connectivity index (χ1v) is 7.93. The van der Waals surface area contributed by atoms with Gasteiger partial charge in [0.05, 0.1) is 18.8 Å². The minimum atomic E-state index is -0.0961. The molecule has 3 atom stereocenters. The van der Waals surface area contributed by atoms with Gasteiger partial charge >= 0.3 is 0 Å². The van der Waals surface area contributed by atoms with Gasteiger partial charge in [0.2, 0.25) is 0 Å². The molecule has 1 spiro atoms. The lowest BCUT2D eigenvalue weighted by Crippen LogP contribution is -2.43. The largest absolute Gasteiger partial charge is 0.494 e. The fourth-order valence-electron chi connectivity index (χ4n) is 3.53. The van der Waals surface area contributed by atoms with Gasteiger partial charge in [-0.1, -0.05) is 18.2 Å². The lowest BCUT2D eigenvalue weighted by atomic mass is 9.79. The summed E-state index contributed by atoms with van der Waals surface area (Å²) in [6.45, 7) is 4.95. The van der Waals surface area contributed by atoms with E-state index in [1.54, 1.807) is 0 Å². The quantitative estimate of drug-likeness (QED) is 0.926. The minimum Gasteiger partial charge on any atom is -0.494 e. The third kappa shape index (κ3) is 3.07. The summed E-state index contributed by atoms with van der Waals surface area (Å²) < 4.78 is 17.3. The Balaban J connectivity index is 1.76. The molecule has 0 saturated carbocycles. The van der Waals surface area contributed by atoms with Crippen molar-refractivity contribution < 1.29 is 14.2 Å². The average Bonchev–Trinajstić information content (AvgIpc) is 2.95. The predicted octanol–water partition coefficient (Wildman–Crippen LogP) is 2.67. The Bertz CT molecular complexity index is 471. The minimum absolute atomic E-state index is 0.00544. The highest BCUT2D eigenvalue weighted by molar-refractivity contribution is 5.36. The number of hydrogen-bond acceptors (Lipinski definition) is 4. The predicted molar refractivity (Wildman–Crippen MR) is 81.4 cm³/mol. The molecule has 3 rings (SSSR count). The molecule has 0 amide bonds. The molecule has 4 nitrogen and oxygen atoms in total. The zero-order chi connectivity index (χ0) is 14.7. The third-order valence-electron chi connectivity index (χ3n) is 4.68. The zero-order valence-corrected chi connectivity index (χ0v) is 12.7. The highest BCUT2D eigenvalue weighted by Crippen LogP contribution is 2.41. The van der Waals surface area contributed by atoms with Crippen LogP contribution in [0.2, 0.25) is 0 Å². The molecular weight excluding hydrogens is 266 g/mol. The number of benzene rings is 1. The Kier molecular flexibility index (Phi) is 4.48. The lowest BCUT2D eigenvalue weighted by Gasteiger charge is -2.39. The Morgan fingerprint density at radius 2 is 2.24 bits per heavy atom. The summed E-state index contributed by atoms with van der Waals surface area (Å²) >= 11 is 0. The molecule has 2 aliphatic heterocycles. The van der Waals surface area contributed by atoms with Crippen LogP contribution in [0.5, 0.6) is 5.75 Å². The Morgan fingerprint density at radius 3 is 3.00 bits per heavy atom. The molecule has 2 aliphatic rings. The summed E-state index contributed by atoms with van der Waals surface area (Å²) in [5, 5.41) is 0. The van der Waals surface area contributed by atoms with Gasteiger partial charge in [0.15, 0.2) is 0 Å². The maximum atomic E-state index is 6.58. The monoisotopic (exact) mass is 291 g/mol. The summed E-state index contributed by atoms with van der Waals surface area (Å²) in [6, 6.07) is 8.12. The Morgan fingerprint density at radius 1 is 1.38 bits per heavy atom. The second kappa shape index (κ2) is 6.34. The smallest absolute Gasteiger partial charge is 0.124 e. The molecule has 1 aromatic rings. The van der Waals surface area contributed by atoms with Crippen LogP contribution in [0.4, 0.5) is 0 Å². The summed E-state index contributed by atoms with van der Waals surface area (Å²) in [7, 11) is 0. The normalized spacial score (nSPS) is 30.5. The van der Waals surface area contributed by atoms with Gasteiger partial charge in [0, 0.05) is 31.2 Å². The molecule has 2 heterocycles. The number of ether oxygens (including phenoxy) is 3. The van der Waals surface area contributed by atoms with Crippen LogP contribution in [0.25, 0.3) is 0 Å². The topological polar surface area (TPSA) is 53.7 Å². The fourth-order valence-corrected chi connectivity index (χ4v) is 3.53. The number of hydrogen-bond donors (Lipinski definition) is 1. The molecule has 21 heavy (non-hydrogen) atoms. The van der Waals surface area contributed by atoms with Crippen molar-refractivity contribution >= 4 is 0 Å². The number of para-hydroxylation sites is 1. The van der Waals surface area contributed by atoms with Gasteiger partial charge in [-0.2, -0.15) is 0 Å². The zero-order valence-electron chi connectivity index (χ0n) is 12.7. The maximum Gasteiger partial charge on any atom is 0.124 e. The molecule has 0 aliphatic carbocycles. The van der Waals surface area contributed by atoms with Gasteiger partial charge in [0.1, 0.15) is 5.75 Å². The number of rotatable bonds is 4. The average molecular weight is 291 g/mol. The van der Waals surface area contributed by atoms with Crippen molar-refractivity contribution in [3.8, 4) is 5.75 Å². The van der Waals surface area contributed by atoms with Crippen LogP contribution in [0.3, 0.4) is 0 Å². The molecule has 116 valence electrons. The van der Waals surface area contributed by atoms with Gasteiger partial charge in [-0.05, 0) is 31.7 Å². The van der Waals surface area contributed by atoms with Gasteiger partial charge in [-0.3, -0.25) is 0 Å². The molecule has 2 fully saturated rings. The van der Waals surface area contributed by atoms with Gasteiger partial charge in [-0.25, -0.2) is 0 Å². The van der Waals surface area contributed by atoms with Crippen LogP contribution < -0.4 is 10.5 Å². The highest BCUT2D eigenvalue weighted by atomic mass is 16.6. The summed E-state index contributed by atoms with van der Waals surface area (Å²) in [4.78, 5) is 0. The molecule has 2 N–H and O–H groups in total. The van der Waals surface area contributed by atoms with Crippen molar-refractivity contribution in [1.82, 2.24) is 0 Å². The first kappa shape index (κ1) is 14.8. The van der Waals surface area contributed by atoms with E-state index in [-0.39, 0.29) is 11.6 Å². The van der Waals surface area contributed by atoms with E-state index in [9.17, 15) is 0 Å². The van der Waals surface area contributed by atoms with Crippen molar-refractivity contribution in [3.63, 3.8) is 0 Å². The van der Waals surface area contributed by atoms with E-state index in [2.05, 4.69) is 6.07 Å². The molecule has 0 radical (unpaired) electrons. The summed E-state index contributed by atoms with van der Waals surface area (Å²) in [5.41, 5.74) is 7.59. The molecule has 2 saturated heterocycles. The molecular formula is C17H25NO3. The Hall–Kier alpha value is -1.10. The standard InChI is InChI=1S/C17H25NO3/c1-2-20-15-6-4-3-5-14(15)16(18)13-7-9-21-17(11-13)8-10-19-12-17/h3-6,13,16H,2,7-12,18H2,1H3. The van der Waals surface area contributed by atoms with Crippen LogP contribution in [0.1, 0.15) is 37.8 Å². The van der Waals surface area contributed by atoms with Crippen LogP contribution in [0.15, 0.2) is 24.3 Å². The van der Waals surface area contributed by atoms with Crippen LogP contribution >= 0.6 is 0 Å². The Labute approximate surface area is 126 Å². The van der Waals surface area contributed by atoms with Crippen LogP contribution in [-0.4, -0.2) is 32.0 Å². The van der Waals surface area contributed by atoms with Crippen molar-refractivity contribution in [2.45, 2.75) is 37.8 Å². The third-order valence-corrected chi connectivity index (χ3v) is 4.68. The summed E-state index contributed by atoms with van der Waals surface area (Å²) in [6.07, 6.45) is 2.97. The van der Waals surface area contributed by atoms with Gasteiger partial charge < -0.3 is 19.9 Å². The second-order valence-electron chi connectivity index (χ2n) is 6.08. The number of nitrogens with two attached hydrogens (primary N) is 1. The summed E-state index contributed by atoms with van der Waals surface area (Å²) in [5.74, 6) is 1.33. The molecule has 3 unspecified atom stereocenters. The van der Waals surface area contributed by atoms with Crippen molar-refractivity contribution in [1.29, 1.82) is 0 Å². The first-order valence-electron chi connectivity index (χ1n) is 7.93. The maximum absolute atomic E-state index is 6.58. The van der Waals surface area contributed by atoms with Crippen molar-refractivity contribution in [3.05, 3.63) is 29.8 Å². The molecule has 0 bridgehead atoms. The lowest BCUT2D eigenvalue weighted by molar-refractivity contribution is -0.101. The first-order chi connectivity index (χ1) is 10.2. The van der Waals surface area contributed by atoms with E-state index < -0.39 is 0 Å². The SMILES string of the molecule is CCOc1ccccc1C(N)C1CCOC2(CCOC2)C1. The fraction of sp³-hybridized carbons (Fsp3) is 0.647. The van der Waals surface area contributed by atoms with Crippen molar-refractivity contribution in [2.75, 3.05) is 26.4 Å². The van der Waals surface area contributed by atoms with E-state index >= 15 is 0 Å². The highest BCUT2D eigenvalue weighted by Gasteiger charge is 2.42. The molecule has 1 aromatic carbocycles. The van der Waals surface area contributed by atoms with E-state index in [1.807, 2.05) is 25.1 Å². The van der Waals surface area contributed by atoms with Crippen molar-refractivity contribution in [2.24, 2.45) is 11.7 Å². The molecule has 4 heteroatoms.